The third-order valence-corrected chi connectivity index (χ3v) is 6.55. The SMILES string of the molecule is CC(C)C1=CC=CC2C=C(c3ccccc3)[S+](C(F)(F)F)C12.Cl. The van der Waals surface area contributed by atoms with Gasteiger partial charge in [0.1, 0.15) is 10.9 Å². The third kappa shape index (κ3) is 3.38. The lowest BCUT2D eigenvalue weighted by Gasteiger charge is -2.25. The van der Waals surface area contributed by atoms with Crippen molar-refractivity contribution in [2.45, 2.75) is 24.6 Å². The van der Waals surface area contributed by atoms with Gasteiger partial charge in [0.25, 0.3) is 0 Å². The molecule has 0 bridgehead atoms. The molecule has 0 radical (unpaired) electrons. The molecule has 0 N–H and O–H groups in total. The van der Waals surface area contributed by atoms with E-state index in [4.69, 9.17) is 0 Å². The van der Waals surface area contributed by atoms with Gasteiger partial charge in [-0.15, -0.1) is 25.6 Å². The molecule has 3 unspecified atom stereocenters. The molecule has 0 fully saturated rings. The second-order valence-corrected chi connectivity index (χ2v) is 7.97. The smallest absolute Gasteiger partial charge is 0.147 e. The second kappa shape index (κ2) is 6.78. The van der Waals surface area contributed by atoms with Crippen molar-refractivity contribution in [3.8, 4) is 0 Å². The molecule has 0 aromatic heterocycles. The molecule has 5 heteroatoms. The summed E-state index contributed by atoms with van der Waals surface area (Å²) >= 11 is 0. The van der Waals surface area contributed by atoms with E-state index < -0.39 is 21.7 Å². The minimum atomic E-state index is -4.21. The van der Waals surface area contributed by atoms with Crippen molar-refractivity contribution < 1.29 is 13.2 Å². The molecule has 0 saturated carbocycles. The minimum absolute atomic E-state index is 0. The molecule has 1 aliphatic carbocycles. The molecule has 3 atom stereocenters. The van der Waals surface area contributed by atoms with Gasteiger partial charge in [-0.25, -0.2) is 0 Å². The minimum Gasteiger partial charge on any atom is -0.147 e. The number of allylic oxidation sites excluding steroid dienone is 4. The first-order chi connectivity index (χ1) is 10.4. The summed E-state index contributed by atoms with van der Waals surface area (Å²) in [5, 5.41) is -0.472. The van der Waals surface area contributed by atoms with Gasteiger partial charge in [-0.2, -0.15) is 0 Å². The van der Waals surface area contributed by atoms with E-state index in [2.05, 4.69) is 0 Å². The molecule has 0 saturated heterocycles. The van der Waals surface area contributed by atoms with Crippen LogP contribution in [-0.4, -0.2) is 10.8 Å². The van der Waals surface area contributed by atoms with E-state index in [0.29, 0.717) is 10.5 Å². The third-order valence-electron chi connectivity index (χ3n) is 4.11. The van der Waals surface area contributed by atoms with Crippen molar-refractivity contribution in [2.24, 2.45) is 11.8 Å². The predicted molar refractivity (Wildman–Crippen MR) is 94.4 cm³/mol. The summed E-state index contributed by atoms with van der Waals surface area (Å²) in [6, 6.07) is 8.97. The predicted octanol–water partition coefficient (Wildman–Crippen LogP) is 5.74. The molecular weight excluding hydrogens is 341 g/mol. The summed E-state index contributed by atoms with van der Waals surface area (Å²) in [5.41, 5.74) is -2.61. The zero-order valence-electron chi connectivity index (χ0n) is 12.9. The second-order valence-electron chi connectivity index (χ2n) is 5.88. The van der Waals surface area contributed by atoms with Crippen molar-refractivity contribution >= 4 is 28.2 Å². The number of hydrogen-bond acceptors (Lipinski definition) is 0. The van der Waals surface area contributed by atoms with Gasteiger partial charge in [0.15, 0.2) is 10.2 Å². The highest BCUT2D eigenvalue weighted by Crippen LogP contribution is 2.51. The highest BCUT2D eigenvalue weighted by atomic mass is 35.5. The largest absolute Gasteiger partial charge is 0.581 e. The summed E-state index contributed by atoms with van der Waals surface area (Å²) in [4.78, 5) is 0.446. The Kier molecular flexibility index (Phi) is 5.37. The van der Waals surface area contributed by atoms with Crippen molar-refractivity contribution in [1.29, 1.82) is 0 Å². The summed E-state index contributed by atoms with van der Waals surface area (Å²) in [6.07, 6.45) is 7.50. The van der Waals surface area contributed by atoms with Crippen LogP contribution in [0.15, 0.2) is 60.2 Å². The van der Waals surface area contributed by atoms with Gasteiger partial charge in [-0.05, 0) is 29.7 Å². The van der Waals surface area contributed by atoms with Gasteiger partial charge >= 0.3 is 5.51 Å². The average Bonchev–Trinajstić information content (AvgIpc) is 2.87. The Bertz CT molecular complexity index is 644. The van der Waals surface area contributed by atoms with Crippen LogP contribution in [0.5, 0.6) is 0 Å². The monoisotopic (exact) mass is 359 g/mol. The number of rotatable bonds is 2. The lowest BCUT2D eigenvalue weighted by Crippen LogP contribution is -2.38. The van der Waals surface area contributed by atoms with Gasteiger partial charge in [-0.1, -0.05) is 50.3 Å². The zero-order chi connectivity index (χ0) is 15.9. The van der Waals surface area contributed by atoms with E-state index in [1.54, 1.807) is 24.3 Å². The molecule has 124 valence electrons. The standard InChI is InChI=1S/C18H18F3S.ClH/c1-12(2)15-10-6-9-14-11-16(13-7-4-3-5-8-13)22(17(14)15)18(19,20)21;/h3-12,14,17H,1-2H3;1H/q+1;. The summed E-state index contributed by atoms with van der Waals surface area (Å²) in [7, 11) is -1.76. The fourth-order valence-electron chi connectivity index (χ4n) is 3.15. The number of fused-ring (bicyclic) bond motifs is 1. The van der Waals surface area contributed by atoms with E-state index >= 15 is 0 Å². The lowest BCUT2D eigenvalue weighted by atomic mass is 9.87. The van der Waals surface area contributed by atoms with E-state index in [0.717, 1.165) is 5.57 Å². The Hall–Kier alpha value is -1.13. The Morgan fingerprint density at radius 1 is 1.09 bits per heavy atom. The van der Waals surface area contributed by atoms with Crippen LogP contribution in [0, 0.1) is 11.8 Å². The molecule has 1 aromatic rings. The molecule has 0 amide bonds. The Morgan fingerprint density at radius 2 is 1.74 bits per heavy atom. The molecule has 1 aromatic carbocycles. The molecule has 1 aliphatic heterocycles. The molecule has 3 rings (SSSR count). The maximum Gasteiger partial charge on any atom is 0.581 e. The van der Waals surface area contributed by atoms with Crippen molar-refractivity contribution in [1.82, 2.24) is 0 Å². The van der Waals surface area contributed by atoms with Crippen molar-refractivity contribution in [3.63, 3.8) is 0 Å². The maximum absolute atomic E-state index is 13.8. The first kappa shape index (κ1) is 18.2. The molecule has 23 heavy (non-hydrogen) atoms. The van der Waals surface area contributed by atoms with Gasteiger partial charge in [0.2, 0.25) is 0 Å². The van der Waals surface area contributed by atoms with Crippen LogP contribution in [0.2, 0.25) is 0 Å². The first-order valence-electron chi connectivity index (χ1n) is 7.35. The highest BCUT2D eigenvalue weighted by molar-refractivity contribution is 8.07. The Morgan fingerprint density at radius 3 is 2.30 bits per heavy atom. The Labute approximate surface area is 143 Å². The van der Waals surface area contributed by atoms with Crippen LogP contribution in [-0.2, 0) is 10.9 Å². The number of alkyl halides is 3. The number of hydrogen-bond donors (Lipinski definition) is 0. The average molecular weight is 360 g/mol. The van der Waals surface area contributed by atoms with E-state index in [1.807, 2.05) is 44.2 Å². The normalized spacial score (nSPS) is 26.4. The van der Waals surface area contributed by atoms with Gasteiger partial charge in [0.05, 0.1) is 5.92 Å². The van der Waals surface area contributed by atoms with Crippen LogP contribution in [0.3, 0.4) is 0 Å². The van der Waals surface area contributed by atoms with E-state index in [-0.39, 0.29) is 24.2 Å². The Balaban J connectivity index is 0.00000192. The molecule has 0 nitrogen and oxygen atoms in total. The summed E-state index contributed by atoms with van der Waals surface area (Å²) in [5.74, 6) is -0.0270. The van der Waals surface area contributed by atoms with Crippen LogP contribution < -0.4 is 0 Å². The fraction of sp³-hybridized carbons (Fsp3) is 0.333. The van der Waals surface area contributed by atoms with E-state index in [1.165, 1.54) is 0 Å². The first-order valence-corrected chi connectivity index (χ1v) is 8.64. The molecular formula is C18H19ClF3S+. The zero-order valence-corrected chi connectivity index (χ0v) is 14.5. The van der Waals surface area contributed by atoms with Gasteiger partial charge < -0.3 is 0 Å². The van der Waals surface area contributed by atoms with Gasteiger partial charge in [0, 0.05) is 5.56 Å². The summed E-state index contributed by atoms with van der Waals surface area (Å²) < 4.78 is 41.5. The highest BCUT2D eigenvalue weighted by Gasteiger charge is 2.64. The quantitative estimate of drug-likeness (QED) is 0.591. The maximum atomic E-state index is 13.8. The van der Waals surface area contributed by atoms with Crippen molar-refractivity contribution in [3.05, 3.63) is 65.8 Å². The lowest BCUT2D eigenvalue weighted by molar-refractivity contribution is -0.0363. The fourth-order valence-corrected chi connectivity index (χ4v) is 5.76. The van der Waals surface area contributed by atoms with E-state index in [9.17, 15) is 13.2 Å². The molecule has 2 aliphatic rings. The number of halogens is 4. The van der Waals surface area contributed by atoms with Crippen LogP contribution in [0.4, 0.5) is 13.2 Å². The van der Waals surface area contributed by atoms with Crippen LogP contribution in [0.1, 0.15) is 19.4 Å². The summed E-state index contributed by atoms with van der Waals surface area (Å²) in [6.45, 7) is 3.95. The van der Waals surface area contributed by atoms with Crippen LogP contribution in [0.25, 0.3) is 4.91 Å². The molecule has 1 heterocycles. The van der Waals surface area contributed by atoms with Crippen molar-refractivity contribution in [2.75, 3.05) is 0 Å². The van der Waals surface area contributed by atoms with Crippen LogP contribution >= 0.6 is 12.4 Å². The molecule has 0 spiro atoms. The van der Waals surface area contributed by atoms with Gasteiger partial charge in [-0.3, -0.25) is 0 Å². The number of benzene rings is 1. The topological polar surface area (TPSA) is 0 Å².